The number of hydrogen-bond donors (Lipinski definition) is 2. The normalized spacial score (nSPS) is 13.4. The second kappa shape index (κ2) is 2.61. The van der Waals surface area contributed by atoms with E-state index in [1.165, 1.54) is 5.56 Å². The van der Waals surface area contributed by atoms with Crippen molar-refractivity contribution in [2.45, 2.75) is 12.8 Å². The summed E-state index contributed by atoms with van der Waals surface area (Å²) in [6.07, 6.45) is 1.80. The van der Waals surface area contributed by atoms with Crippen molar-refractivity contribution in [1.82, 2.24) is 10.2 Å². The van der Waals surface area contributed by atoms with Gasteiger partial charge in [-0.3, -0.25) is 15.0 Å². The SMILES string of the molecule is O=c1[nH][nH]c2c1CCc1ccccc1-2. The van der Waals surface area contributed by atoms with Gasteiger partial charge in [0, 0.05) is 11.1 Å². The van der Waals surface area contributed by atoms with Gasteiger partial charge in [0.2, 0.25) is 0 Å². The molecule has 1 aliphatic carbocycles. The minimum atomic E-state index is 0.0227. The zero-order chi connectivity index (χ0) is 9.54. The number of aryl methyl sites for hydroxylation is 1. The van der Waals surface area contributed by atoms with Gasteiger partial charge in [-0.1, -0.05) is 24.3 Å². The van der Waals surface area contributed by atoms with Crippen molar-refractivity contribution in [3.8, 4) is 11.3 Å². The summed E-state index contributed by atoms with van der Waals surface area (Å²) < 4.78 is 0. The first-order valence-electron chi connectivity index (χ1n) is 4.74. The van der Waals surface area contributed by atoms with Gasteiger partial charge in [0.25, 0.3) is 5.56 Å². The highest BCUT2D eigenvalue weighted by Gasteiger charge is 2.19. The van der Waals surface area contributed by atoms with Crippen molar-refractivity contribution < 1.29 is 0 Å². The molecule has 0 fully saturated rings. The lowest BCUT2D eigenvalue weighted by molar-refractivity contribution is 0.934. The van der Waals surface area contributed by atoms with E-state index in [4.69, 9.17) is 0 Å². The number of H-pyrrole nitrogens is 2. The van der Waals surface area contributed by atoms with Crippen LogP contribution in [0.1, 0.15) is 11.1 Å². The Morgan fingerprint density at radius 2 is 1.93 bits per heavy atom. The molecule has 0 aliphatic heterocycles. The molecule has 3 heteroatoms. The Labute approximate surface area is 80.8 Å². The van der Waals surface area contributed by atoms with Crippen LogP contribution in [0.4, 0.5) is 0 Å². The average Bonchev–Trinajstić information content (AvgIpc) is 2.61. The molecule has 0 saturated heterocycles. The summed E-state index contributed by atoms with van der Waals surface area (Å²) in [7, 11) is 0. The number of rotatable bonds is 0. The second-order valence-electron chi connectivity index (χ2n) is 3.59. The molecule has 0 amide bonds. The average molecular weight is 186 g/mol. The van der Waals surface area contributed by atoms with Crippen LogP contribution in [0.5, 0.6) is 0 Å². The molecule has 0 atom stereocenters. The molecule has 0 spiro atoms. The lowest BCUT2D eigenvalue weighted by Gasteiger charge is -2.14. The molecule has 0 saturated carbocycles. The van der Waals surface area contributed by atoms with Crippen LogP contribution in [-0.2, 0) is 12.8 Å². The lowest BCUT2D eigenvalue weighted by Crippen LogP contribution is -2.11. The molecule has 2 N–H and O–H groups in total. The predicted molar refractivity (Wildman–Crippen MR) is 54.3 cm³/mol. The molecule has 14 heavy (non-hydrogen) atoms. The number of nitrogens with one attached hydrogen (secondary N) is 2. The van der Waals surface area contributed by atoms with Gasteiger partial charge >= 0.3 is 0 Å². The van der Waals surface area contributed by atoms with Crippen molar-refractivity contribution >= 4 is 0 Å². The molecule has 1 aromatic heterocycles. The Hall–Kier alpha value is -1.77. The Kier molecular flexibility index (Phi) is 1.42. The Balaban J connectivity index is 2.34. The summed E-state index contributed by atoms with van der Waals surface area (Å²) in [6, 6.07) is 8.20. The third kappa shape index (κ3) is 0.894. The Morgan fingerprint density at radius 3 is 2.86 bits per heavy atom. The number of aromatic nitrogens is 2. The van der Waals surface area contributed by atoms with Gasteiger partial charge in [0.15, 0.2) is 0 Å². The topological polar surface area (TPSA) is 48.6 Å². The number of hydrogen-bond acceptors (Lipinski definition) is 1. The third-order valence-electron chi connectivity index (χ3n) is 2.81. The van der Waals surface area contributed by atoms with Crippen molar-refractivity contribution in [1.29, 1.82) is 0 Å². The van der Waals surface area contributed by atoms with E-state index in [9.17, 15) is 4.79 Å². The van der Waals surface area contributed by atoms with Crippen LogP contribution in [0, 0.1) is 0 Å². The van der Waals surface area contributed by atoms with Crippen molar-refractivity contribution in [2.24, 2.45) is 0 Å². The van der Waals surface area contributed by atoms with Crippen molar-refractivity contribution in [2.75, 3.05) is 0 Å². The molecule has 3 rings (SSSR count). The molecule has 2 aromatic rings. The number of fused-ring (bicyclic) bond motifs is 3. The van der Waals surface area contributed by atoms with E-state index in [1.54, 1.807) is 0 Å². The van der Waals surface area contributed by atoms with Crippen LogP contribution in [-0.4, -0.2) is 10.2 Å². The fraction of sp³-hybridized carbons (Fsp3) is 0.182. The highest BCUT2D eigenvalue weighted by molar-refractivity contribution is 5.68. The molecule has 70 valence electrons. The van der Waals surface area contributed by atoms with Gasteiger partial charge in [-0.2, -0.15) is 0 Å². The first-order valence-corrected chi connectivity index (χ1v) is 4.74. The Morgan fingerprint density at radius 1 is 1.07 bits per heavy atom. The lowest BCUT2D eigenvalue weighted by atomic mass is 9.90. The maximum Gasteiger partial charge on any atom is 0.267 e. The molecule has 1 aliphatic rings. The zero-order valence-electron chi connectivity index (χ0n) is 7.63. The summed E-state index contributed by atoms with van der Waals surface area (Å²) in [5.74, 6) is 0. The summed E-state index contributed by atoms with van der Waals surface area (Å²) in [5, 5.41) is 5.58. The largest absolute Gasteiger partial charge is 0.297 e. The number of benzene rings is 1. The van der Waals surface area contributed by atoms with Crippen LogP contribution in [0.25, 0.3) is 11.3 Å². The molecular weight excluding hydrogens is 176 g/mol. The molecule has 0 radical (unpaired) electrons. The predicted octanol–water partition coefficient (Wildman–Crippen LogP) is 1.47. The highest BCUT2D eigenvalue weighted by atomic mass is 16.1. The van der Waals surface area contributed by atoms with Gasteiger partial charge in [-0.25, -0.2) is 0 Å². The summed E-state index contributed by atoms with van der Waals surface area (Å²) in [6.45, 7) is 0. The molecule has 1 heterocycles. The van der Waals surface area contributed by atoms with Crippen LogP contribution >= 0.6 is 0 Å². The zero-order valence-corrected chi connectivity index (χ0v) is 7.63. The monoisotopic (exact) mass is 186 g/mol. The van der Waals surface area contributed by atoms with Crippen LogP contribution in [0.3, 0.4) is 0 Å². The summed E-state index contributed by atoms with van der Waals surface area (Å²) in [5.41, 5.74) is 4.36. The van der Waals surface area contributed by atoms with Crippen molar-refractivity contribution in [3.63, 3.8) is 0 Å². The van der Waals surface area contributed by atoms with Gasteiger partial charge < -0.3 is 0 Å². The fourth-order valence-electron chi connectivity index (χ4n) is 2.09. The minimum absolute atomic E-state index is 0.0227. The van der Waals surface area contributed by atoms with E-state index in [2.05, 4.69) is 22.3 Å². The van der Waals surface area contributed by atoms with Gasteiger partial charge in [-0.15, -0.1) is 0 Å². The highest BCUT2D eigenvalue weighted by Crippen LogP contribution is 2.29. The quantitative estimate of drug-likeness (QED) is 0.643. The van der Waals surface area contributed by atoms with Crippen LogP contribution in [0.2, 0.25) is 0 Å². The summed E-state index contributed by atoms with van der Waals surface area (Å²) in [4.78, 5) is 11.4. The first-order chi connectivity index (χ1) is 6.86. The molecule has 3 nitrogen and oxygen atoms in total. The van der Waals surface area contributed by atoms with E-state index in [0.29, 0.717) is 0 Å². The number of aromatic amines is 2. The molecule has 0 unspecified atom stereocenters. The van der Waals surface area contributed by atoms with Gasteiger partial charge in [0.1, 0.15) is 0 Å². The van der Waals surface area contributed by atoms with E-state index >= 15 is 0 Å². The van der Waals surface area contributed by atoms with Crippen molar-refractivity contribution in [3.05, 3.63) is 45.7 Å². The molecule has 1 aromatic carbocycles. The van der Waals surface area contributed by atoms with E-state index in [1.807, 2.05) is 12.1 Å². The summed E-state index contributed by atoms with van der Waals surface area (Å²) >= 11 is 0. The fourth-order valence-corrected chi connectivity index (χ4v) is 2.09. The maximum absolute atomic E-state index is 11.4. The molecule has 0 bridgehead atoms. The van der Waals surface area contributed by atoms with Gasteiger partial charge in [-0.05, 0) is 18.4 Å². The maximum atomic E-state index is 11.4. The smallest absolute Gasteiger partial charge is 0.267 e. The van der Waals surface area contributed by atoms with Gasteiger partial charge in [0.05, 0.1) is 5.69 Å². The first kappa shape index (κ1) is 7.62. The second-order valence-corrected chi connectivity index (χ2v) is 3.59. The minimum Gasteiger partial charge on any atom is -0.297 e. The van der Waals surface area contributed by atoms with Crippen LogP contribution in [0.15, 0.2) is 29.1 Å². The Bertz CT molecular complexity index is 536. The van der Waals surface area contributed by atoms with E-state index in [-0.39, 0.29) is 5.56 Å². The van der Waals surface area contributed by atoms with Crippen LogP contribution < -0.4 is 5.56 Å². The standard InChI is InChI=1S/C11H10N2O/c14-11-9-6-5-7-3-1-2-4-8(7)10(9)12-13-11/h1-4H,5-6H2,(H2,12,13,14). The van der Waals surface area contributed by atoms with E-state index in [0.717, 1.165) is 29.7 Å². The third-order valence-corrected chi connectivity index (χ3v) is 2.81. The van der Waals surface area contributed by atoms with E-state index < -0.39 is 0 Å². The molecular formula is C11H10N2O.